The van der Waals surface area contributed by atoms with Gasteiger partial charge in [0.2, 0.25) is 0 Å². The van der Waals surface area contributed by atoms with Crippen molar-refractivity contribution in [3.05, 3.63) is 29.6 Å². The van der Waals surface area contributed by atoms with Crippen molar-refractivity contribution in [2.75, 3.05) is 40.5 Å². The van der Waals surface area contributed by atoms with Crippen LogP contribution in [0.3, 0.4) is 0 Å². The molecule has 0 saturated heterocycles. The van der Waals surface area contributed by atoms with Gasteiger partial charge in [0.05, 0.1) is 18.9 Å². The van der Waals surface area contributed by atoms with E-state index >= 15 is 0 Å². The molecule has 0 unspecified atom stereocenters. The Bertz CT molecular complexity index is 360. The molecule has 0 aromatic carbocycles. The van der Waals surface area contributed by atoms with Crippen LogP contribution in [-0.2, 0) is 22.6 Å². The fourth-order valence-electron chi connectivity index (χ4n) is 1.91. The molecule has 5 nitrogen and oxygen atoms in total. The third-order valence-electron chi connectivity index (χ3n) is 3.21. The average Bonchev–Trinajstić information content (AvgIpc) is 2.49. The summed E-state index contributed by atoms with van der Waals surface area (Å²) in [4.78, 5) is 6.84. The van der Waals surface area contributed by atoms with Crippen molar-refractivity contribution < 1.29 is 9.47 Å². The summed E-state index contributed by atoms with van der Waals surface area (Å²) < 4.78 is 10.3. The smallest absolute Gasteiger partial charge is 0.0589 e. The van der Waals surface area contributed by atoms with Crippen LogP contribution >= 0.6 is 0 Å². The number of nitrogens with zero attached hydrogens (tertiary/aromatic N) is 2. The van der Waals surface area contributed by atoms with Gasteiger partial charge in [-0.3, -0.25) is 9.88 Å². The first-order chi connectivity index (χ1) is 10.2. The van der Waals surface area contributed by atoms with E-state index in [9.17, 15) is 0 Å². The topological polar surface area (TPSA) is 46.6 Å². The molecule has 0 fully saturated rings. The molecule has 0 aliphatic heterocycles. The number of aromatic nitrogens is 1. The van der Waals surface area contributed by atoms with E-state index in [1.54, 1.807) is 14.2 Å². The van der Waals surface area contributed by atoms with Gasteiger partial charge in [-0.1, -0.05) is 19.9 Å². The Balaban J connectivity index is 2.49. The predicted molar refractivity (Wildman–Crippen MR) is 85.2 cm³/mol. The molecule has 1 N–H and O–H groups in total. The summed E-state index contributed by atoms with van der Waals surface area (Å²) in [5.41, 5.74) is 2.29. The average molecular weight is 295 g/mol. The predicted octanol–water partition coefficient (Wildman–Crippen LogP) is 1.67. The van der Waals surface area contributed by atoms with Crippen molar-refractivity contribution in [3.8, 4) is 0 Å². The normalized spacial score (nSPS) is 11.5. The van der Waals surface area contributed by atoms with Gasteiger partial charge in [0.15, 0.2) is 0 Å². The minimum Gasteiger partial charge on any atom is -0.383 e. The lowest BCUT2D eigenvalue weighted by molar-refractivity contribution is 0.109. The lowest BCUT2D eigenvalue weighted by atomic mass is 10.2. The maximum Gasteiger partial charge on any atom is 0.0589 e. The van der Waals surface area contributed by atoms with Crippen molar-refractivity contribution in [2.45, 2.75) is 33.0 Å². The number of rotatable bonds is 11. The summed E-state index contributed by atoms with van der Waals surface area (Å²) >= 11 is 0. The van der Waals surface area contributed by atoms with Crippen molar-refractivity contribution in [2.24, 2.45) is 0 Å². The van der Waals surface area contributed by atoms with Crippen molar-refractivity contribution in [3.63, 3.8) is 0 Å². The summed E-state index contributed by atoms with van der Waals surface area (Å²) in [7, 11) is 3.45. The number of nitrogens with one attached hydrogen (secondary N) is 1. The first kappa shape index (κ1) is 18.0. The van der Waals surface area contributed by atoms with E-state index in [4.69, 9.17) is 9.47 Å². The molecule has 1 aromatic heterocycles. The molecule has 120 valence electrons. The lowest BCUT2D eigenvalue weighted by Crippen LogP contribution is -2.30. The summed E-state index contributed by atoms with van der Waals surface area (Å²) in [6.07, 6.45) is 1.95. The summed E-state index contributed by atoms with van der Waals surface area (Å²) in [6, 6.07) is 4.73. The zero-order valence-corrected chi connectivity index (χ0v) is 13.8. The largest absolute Gasteiger partial charge is 0.383 e. The standard InChI is InChI=1S/C16H29N3O2/c1-14(2)17-11-15-5-6-16(18-12-15)13-19(7-9-20-3)8-10-21-4/h5-6,12,14,17H,7-11,13H2,1-4H3. The number of ether oxygens (including phenoxy) is 2. The van der Waals surface area contributed by atoms with Gasteiger partial charge in [-0.15, -0.1) is 0 Å². The minimum absolute atomic E-state index is 0.489. The molecule has 0 aliphatic rings. The molecule has 1 rings (SSSR count). The second-order valence-electron chi connectivity index (χ2n) is 5.46. The molecule has 0 saturated carbocycles. The van der Waals surface area contributed by atoms with E-state index in [1.807, 2.05) is 6.20 Å². The van der Waals surface area contributed by atoms with Gasteiger partial charge >= 0.3 is 0 Å². The first-order valence-corrected chi connectivity index (χ1v) is 7.53. The highest BCUT2D eigenvalue weighted by molar-refractivity contribution is 5.14. The molecular formula is C16H29N3O2. The van der Waals surface area contributed by atoms with Gasteiger partial charge in [0.25, 0.3) is 0 Å². The number of methoxy groups -OCH3 is 2. The van der Waals surface area contributed by atoms with Crippen molar-refractivity contribution in [1.29, 1.82) is 0 Å². The summed E-state index contributed by atoms with van der Waals surface area (Å²) in [5, 5.41) is 3.39. The van der Waals surface area contributed by atoms with Gasteiger partial charge in [0.1, 0.15) is 0 Å². The highest BCUT2D eigenvalue weighted by Crippen LogP contribution is 2.04. The molecule has 21 heavy (non-hydrogen) atoms. The van der Waals surface area contributed by atoms with Crippen LogP contribution in [0.2, 0.25) is 0 Å². The van der Waals surface area contributed by atoms with Crippen LogP contribution < -0.4 is 5.32 Å². The molecule has 0 aliphatic carbocycles. The van der Waals surface area contributed by atoms with E-state index in [2.05, 4.69) is 41.2 Å². The number of hydrogen-bond acceptors (Lipinski definition) is 5. The summed E-state index contributed by atoms with van der Waals surface area (Å²) in [6.45, 7) is 9.19. The van der Waals surface area contributed by atoms with Crippen molar-refractivity contribution >= 4 is 0 Å². The molecule has 0 radical (unpaired) electrons. The van der Waals surface area contributed by atoms with Gasteiger partial charge in [-0.25, -0.2) is 0 Å². The minimum atomic E-state index is 0.489. The van der Waals surface area contributed by atoms with Crippen LogP contribution in [0.25, 0.3) is 0 Å². The zero-order valence-electron chi connectivity index (χ0n) is 13.8. The first-order valence-electron chi connectivity index (χ1n) is 7.53. The van der Waals surface area contributed by atoms with Crippen LogP contribution in [0, 0.1) is 0 Å². The Morgan fingerprint density at radius 1 is 1.14 bits per heavy atom. The highest BCUT2D eigenvalue weighted by Gasteiger charge is 2.07. The highest BCUT2D eigenvalue weighted by atomic mass is 16.5. The van der Waals surface area contributed by atoms with E-state index in [0.29, 0.717) is 6.04 Å². The quantitative estimate of drug-likeness (QED) is 0.673. The zero-order chi connectivity index (χ0) is 15.5. The van der Waals surface area contributed by atoms with Crippen molar-refractivity contribution in [1.82, 2.24) is 15.2 Å². The Morgan fingerprint density at radius 2 is 1.81 bits per heavy atom. The maximum absolute atomic E-state index is 5.15. The molecular weight excluding hydrogens is 266 g/mol. The van der Waals surface area contributed by atoms with Crippen LogP contribution in [0.5, 0.6) is 0 Å². The lowest BCUT2D eigenvalue weighted by Gasteiger charge is -2.21. The Morgan fingerprint density at radius 3 is 2.29 bits per heavy atom. The monoisotopic (exact) mass is 295 g/mol. The Kier molecular flexibility index (Phi) is 9.17. The second kappa shape index (κ2) is 10.7. The number of pyridine rings is 1. The SMILES string of the molecule is COCCN(CCOC)Cc1ccc(CNC(C)C)cn1. The van der Waals surface area contributed by atoms with Gasteiger partial charge < -0.3 is 14.8 Å². The second-order valence-corrected chi connectivity index (χ2v) is 5.46. The molecule has 0 atom stereocenters. The molecule has 0 amide bonds. The van der Waals surface area contributed by atoms with E-state index in [-0.39, 0.29) is 0 Å². The third kappa shape index (κ3) is 8.12. The van der Waals surface area contributed by atoms with Crippen LogP contribution in [0.15, 0.2) is 18.3 Å². The van der Waals surface area contributed by atoms with Gasteiger partial charge in [-0.05, 0) is 11.6 Å². The van der Waals surface area contributed by atoms with Gasteiger partial charge in [0, 0.05) is 52.6 Å². The van der Waals surface area contributed by atoms with Crippen LogP contribution in [0.1, 0.15) is 25.1 Å². The van der Waals surface area contributed by atoms with Crippen LogP contribution in [-0.4, -0.2) is 56.4 Å². The molecule has 0 bridgehead atoms. The van der Waals surface area contributed by atoms with Crippen LogP contribution in [0.4, 0.5) is 0 Å². The van der Waals surface area contributed by atoms with E-state index in [1.165, 1.54) is 5.56 Å². The fourth-order valence-corrected chi connectivity index (χ4v) is 1.91. The summed E-state index contributed by atoms with van der Waals surface area (Å²) in [5.74, 6) is 0. The van der Waals surface area contributed by atoms with E-state index in [0.717, 1.165) is 45.1 Å². The Labute approximate surface area is 128 Å². The maximum atomic E-state index is 5.15. The number of hydrogen-bond donors (Lipinski definition) is 1. The molecule has 0 spiro atoms. The third-order valence-corrected chi connectivity index (χ3v) is 3.21. The van der Waals surface area contributed by atoms with E-state index < -0.39 is 0 Å². The van der Waals surface area contributed by atoms with Gasteiger partial charge in [-0.2, -0.15) is 0 Å². The fraction of sp³-hybridized carbons (Fsp3) is 0.688. The molecule has 1 heterocycles. The molecule has 1 aromatic rings. The molecule has 5 heteroatoms. The Hall–Kier alpha value is -1.01.